The molecule has 1 amide bonds. The fourth-order valence-corrected chi connectivity index (χ4v) is 2.67. The minimum atomic E-state index is -0.542. The van der Waals surface area contributed by atoms with Gasteiger partial charge in [-0.05, 0) is 62.7 Å². The highest BCUT2D eigenvalue weighted by Crippen LogP contribution is 2.28. The van der Waals surface area contributed by atoms with Crippen molar-refractivity contribution in [2.45, 2.75) is 27.2 Å². The molecular formula is C23H27NO7. The third kappa shape index (κ3) is 7.65. The van der Waals surface area contributed by atoms with Crippen LogP contribution < -0.4 is 14.8 Å². The molecule has 0 aromatic heterocycles. The maximum atomic E-state index is 12.1. The molecule has 0 bridgehead atoms. The molecule has 1 N–H and O–H groups in total. The summed E-state index contributed by atoms with van der Waals surface area (Å²) < 4.78 is 21.0. The van der Waals surface area contributed by atoms with E-state index in [1.807, 2.05) is 13.8 Å². The van der Waals surface area contributed by atoms with Crippen molar-refractivity contribution >= 4 is 23.5 Å². The maximum Gasteiger partial charge on any atom is 0.338 e. The highest BCUT2D eigenvalue weighted by atomic mass is 16.5. The van der Waals surface area contributed by atoms with E-state index in [1.54, 1.807) is 49.4 Å². The van der Waals surface area contributed by atoms with Gasteiger partial charge in [0.1, 0.15) is 0 Å². The molecule has 31 heavy (non-hydrogen) atoms. The van der Waals surface area contributed by atoms with Crippen molar-refractivity contribution in [2.24, 2.45) is 0 Å². The highest BCUT2D eigenvalue weighted by Gasteiger charge is 2.12. The number of carbonyl (C=O) groups is 3. The molecular weight excluding hydrogens is 402 g/mol. The lowest BCUT2D eigenvalue weighted by Crippen LogP contribution is -2.21. The van der Waals surface area contributed by atoms with Crippen LogP contribution in [0.25, 0.3) is 0 Å². The summed E-state index contributed by atoms with van der Waals surface area (Å²) >= 11 is 0. The van der Waals surface area contributed by atoms with Crippen LogP contribution >= 0.6 is 0 Å². The molecule has 8 heteroatoms. The Hall–Kier alpha value is -3.55. The number of hydrogen-bond donors (Lipinski definition) is 1. The largest absolute Gasteiger partial charge is 0.490 e. The van der Waals surface area contributed by atoms with Crippen molar-refractivity contribution in [1.82, 2.24) is 0 Å². The first kappa shape index (κ1) is 23.7. The summed E-state index contributed by atoms with van der Waals surface area (Å²) in [7, 11) is 0. The van der Waals surface area contributed by atoms with Gasteiger partial charge < -0.3 is 24.3 Å². The summed E-state index contributed by atoms with van der Waals surface area (Å²) in [5, 5.41) is 2.60. The number of hydrogen-bond acceptors (Lipinski definition) is 7. The van der Waals surface area contributed by atoms with Gasteiger partial charge in [-0.25, -0.2) is 4.79 Å². The molecule has 0 radical (unpaired) electrons. The number of benzene rings is 2. The van der Waals surface area contributed by atoms with Crippen molar-refractivity contribution in [1.29, 1.82) is 0 Å². The van der Waals surface area contributed by atoms with Gasteiger partial charge in [0, 0.05) is 5.69 Å². The molecule has 0 aliphatic heterocycles. The average Bonchev–Trinajstić information content (AvgIpc) is 2.75. The van der Waals surface area contributed by atoms with Crippen LogP contribution in [0.2, 0.25) is 0 Å². The van der Waals surface area contributed by atoms with E-state index in [0.29, 0.717) is 41.5 Å². The van der Waals surface area contributed by atoms with E-state index in [1.165, 1.54) is 0 Å². The quantitative estimate of drug-likeness (QED) is 0.547. The first-order valence-electron chi connectivity index (χ1n) is 10.1. The van der Waals surface area contributed by atoms with Crippen LogP contribution in [0.3, 0.4) is 0 Å². The number of nitrogens with one attached hydrogen (secondary N) is 1. The van der Waals surface area contributed by atoms with Crippen LogP contribution in [0.4, 0.5) is 5.69 Å². The molecule has 166 valence electrons. The molecule has 0 aliphatic carbocycles. The lowest BCUT2D eigenvalue weighted by atomic mass is 10.1. The van der Waals surface area contributed by atoms with Crippen LogP contribution in [-0.4, -0.2) is 44.3 Å². The Labute approximate surface area is 181 Å². The summed E-state index contributed by atoms with van der Waals surface area (Å²) in [6.45, 7) is 6.29. The van der Waals surface area contributed by atoms with Gasteiger partial charge in [-0.1, -0.05) is 6.07 Å². The van der Waals surface area contributed by atoms with Crippen LogP contribution in [0.15, 0.2) is 42.5 Å². The van der Waals surface area contributed by atoms with Gasteiger partial charge >= 0.3 is 11.9 Å². The molecule has 0 saturated carbocycles. The van der Waals surface area contributed by atoms with Gasteiger partial charge in [-0.3, -0.25) is 9.59 Å². The fraction of sp³-hybridized carbons (Fsp3) is 0.348. The van der Waals surface area contributed by atoms with E-state index in [9.17, 15) is 14.4 Å². The number of ether oxygens (including phenoxy) is 4. The Balaban J connectivity index is 1.84. The SMILES string of the molecule is CCOC(=O)c1ccc(NC(=O)COC(=O)Cc2ccc(OCC)c(OCC)c2)cc1. The zero-order chi connectivity index (χ0) is 22.6. The van der Waals surface area contributed by atoms with Crippen molar-refractivity contribution in [3.05, 3.63) is 53.6 Å². The minimum absolute atomic E-state index is 0.00596. The molecule has 0 unspecified atom stereocenters. The molecule has 0 spiro atoms. The van der Waals surface area contributed by atoms with Crippen molar-refractivity contribution in [3.8, 4) is 11.5 Å². The smallest absolute Gasteiger partial charge is 0.338 e. The standard InChI is InChI=1S/C23H27NO7/c1-4-28-19-12-7-16(13-20(19)29-5-2)14-22(26)31-15-21(25)24-18-10-8-17(9-11-18)23(27)30-6-3/h7-13H,4-6,14-15H2,1-3H3,(H,24,25). The van der Waals surface area contributed by atoms with Crippen LogP contribution in [0.5, 0.6) is 11.5 Å². The van der Waals surface area contributed by atoms with Gasteiger partial charge in [0.05, 0.1) is 31.8 Å². The summed E-state index contributed by atoms with van der Waals surface area (Å²) in [4.78, 5) is 35.8. The maximum absolute atomic E-state index is 12.1. The topological polar surface area (TPSA) is 100 Å². The second-order valence-corrected chi connectivity index (χ2v) is 6.33. The minimum Gasteiger partial charge on any atom is -0.490 e. The third-order valence-corrected chi connectivity index (χ3v) is 4.00. The summed E-state index contributed by atoms with van der Waals surface area (Å²) in [5.74, 6) is -0.303. The van der Waals surface area contributed by atoms with E-state index < -0.39 is 24.5 Å². The number of rotatable bonds is 11. The van der Waals surface area contributed by atoms with E-state index in [-0.39, 0.29) is 13.0 Å². The van der Waals surface area contributed by atoms with Crippen LogP contribution in [0, 0.1) is 0 Å². The van der Waals surface area contributed by atoms with E-state index in [2.05, 4.69) is 5.32 Å². The van der Waals surface area contributed by atoms with Gasteiger partial charge in [-0.15, -0.1) is 0 Å². The lowest BCUT2D eigenvalue weighted by Gasteiger charge is -2.12. The van der Waals surface area contributed by atoms with Crippen molar-refractivity contribution in [3.63, 3.8) is 0 Å². The molecule has 2 rings (SSSR count). The molecule has 2 aromatic rings. The average molecular weight is 429 g/mol. The first-order chi connectivity index (χ1) is 15.0. The summed E-state index contributed by atoms with van der Waals surface area (Å²) in [5.41, 5.74) is 1.54. The predicted octanol–water partition coefficient (Wildman–Crippen LogP) is 3.39. The zero-order valence-corrected chi connectivity index (χ0v) is 17.9. The number of amides is 1. The molecule has 8 nitrogen and oxygen atoms in total. The zero-order valence-electron chi connectivity index (χ0n) is 17.9. The van der Waals surface area contributed by atoms with E-state index in [4.69, 9.17) is 18.9 Å². The Morgan fingerprint density at radius 2 is 1.48 bits per heavy atom. The monoisotopic (exact) mass is 429 g/mol. The van der Waals surface area contributed by atoms with Crippen molar-refractivity contribution < 1.29 is 33.3 Å². The Kier molecular flexibility index (Phi) is 9.35. The van der Waals surface area contributed by atoms with E-state index >= 15 is 0 Å². The Morgan fingerprint density at radius 3 is 2.13 bits per heavy atom. The first-order valence-corrected chi connectivity index (χ1v) is 10.1. The Bertz CT molecular complexity index is 893. The Morgan fingerprint density at radius 1 is 0.806 bits per heavy atom. The normalized spacial score (nSPS) is 10.2. The molecule has 0 heterocycles. The molecule has 0 atom stereocenters. The third-order valence-electron chi connectivity index (χ3n) is 4.00. The van der Waals surface area contributed by atoms with Gasteiger partial charge in [0.2, 0.25) is 0 Å². The number of esters is 2. The molecule has 2 aromatic carbocycles. The van der Waals surface area contributed by atoms with Crippen LogP contribution in [0.1, 0.15) is 36.7 Å². The van der Waals surface area contributed by atoms with E-state index in [0.717, 1.165) is 0 Å². The number of anilines is 1. The summed E-state index contributed by atoms with van der Waals surface area (Å²) in [6.07, 6.45) is -0.00596. The van der Waals surface area contributed by atoms with Gasteiger partial charge in [-0.2, -0.15) is 0 Å². The van der Waals surface area contributed by atoms with Gasteiger partial charge in [0.25, 0.3) is 5.91 Å². The highest BCUT2D eigenvalue weighted by molar-refractivity contribution is 5.94. The second kappa shape index (κ2) is 12.2. The summed E-state index contributed by atoms with van der Waals surface area (Å²) in [6, 6.07) is 11.4. The molecule has 0 saturated heterocycles. The molecule has 0 fully saturated rings. The fourth-order valence-electron chi connectivity index (χ4n) is 2.67. The molecule has 0 aliphatic rings. The number of carbonyl (C=O) groups excluding carboxylic acids is 3. The second-order valence-electron chi connectivity index (χ2n) is 6.33. The van der Waals surface area contributed by atoms with Crippen molar-refractivity contribution in [2.75, 3.05) is 31.7 Å². The lowest BCUT2D eigenvalue weighted by molar-refractivity contribution is -0.146. The van der Waals surface area contributed by atoms with Crippen LogP contribution in [-0.2, 0) is 25.5 Å². The predicted molar refractivity (Wildman–Crippen MR) is 114 cm³/mol. The van der Waals surface area contributed by atoms with Gasteiger partial charge in [0.15, 0.2) is 18.1 Å².